The number of amidine groups is 1. The van der Waals surface area contributed by atoms with Gasteiger partial charge in [-0.05, 0) is 86.8 Å². The smallest absolute Gasteiger partial charge is 0.406 e. The number of hydrogen-bond acceptors (Lipinski definition) is 7. The van der Waals surface area contributed by atoms with Crippen LogP contribution in [0.4, 0.5) is 18.9 Å². The van der Waals surface area contributed by atoms with Crippen LogP contribution >= 0.6 is 24.0 Å². The van der Waals surface area contributed by atoms with Crippen LogP contribution in [0.1, 0.15) is 35.6 Å². The number of ether oxygens (including phenoxy) is 1. The number of thioether (sulfide) groups is 1. The molecule has 0 aliphatic carbocycles. The first-order chi connectivity index (χ1) is 22.8. The van der Waals surface area contributed by atoms with Crippen molar-refractivity contribution in [3.8, 4) is 22.8 Å². The molecule has 1 atom stereocenters. The van der Waals surface area contributed by atoms with Crippen molar-refractivity contribution in [1.82, 2.24) is 25.4 Å². The summed E-state index contributed by atoms with van der Waals surface area (Å²) >= 11 is 6.86. The first-order valence-electron chi connectivity index (χ1n) is 14.8. The van der Waals surface area contributed by atoms with Gasteiger partial charge in [-0.3, -0.25) is 14.5 Å². The Morgan fingerprint density at radius 2 is 1.73 bits per heavy atom. The highest BCUT2D eigenvalue weighted by atomic mass is 32.2. The number of benzene rings is 3. The number of amides is 2. The van der Waals surface area contributed by atoms with E-state index < -0.39 is 12.5 Å². The third kappa shape index (κ3) is 8.77. The van der Waals surface area contributed by atoms with E-state index in [1.165, 1.54) is 54.0 Å². The molecule has 48 heavy (non-hydrogen) atoms. The van der Waals surface area contributed by atoms with Crippen molar-refractivity contribution < 1.29 is 27.5 Å². The van der Waals surface area contributed by atoms with Crippen LogP contribution in [0, 0.1) is 20.8 Å². The third-order valence-electron chi connectivity index (χ3n) is 7.26. The molecule has 15 heteroatoms. The van der Waals surface area contributed by atoms with E-state index in [1.807, 2.05) is 57.2 Å². The Labute approximate surface area is 284 Å². The standard InChI is InChI=1S/C33H32F3N7O3S2/c1-19-15-20(2)29(21(3)16-19)43-28(45)17-48-32(43)40-31(47)39-27(38-22(4)44)14-7-23-5-8-24(9-6-23)30-37-18-42(41-30)25-10-12-26(13-11-25)46-33(34,35)36/h5-6,8-13,15-16,18,27H,7,14,17H2,1-4H3,(H,38,44)(H,39,47)/b40-32-. The number of carbonyl (C=O) groups excluding carboxylic acids is 2. The Morgan fingerprint density at radius 3 is 2.35 bits per heavy atom. The number of aliphatic imine (C=N–C) groups is 1. The SMILES string of the molecule is CC(=O)NC(CCc1ccc(-c2ncn(-c3ccc(OC(F)(F)F)cc3)n2)cc1)NC(=S)/N=C1\SCC(=O)N1c1c(C)cc(C)cc1C. The van der Waals surface area contributed by atoms with Gasteiger partial charge in [0.25, 0.3) is 0 Å². The van der Waals surface area contributed by atoms with Crippen LogP contribution < -0.4 is 20.3 Å². The highest BCUT2D eigenvalue weighted by molar-refractivity contribution is 8.15. The zero-order valence-electron chi connectivity index (χ0n) is 26.5. The maximum atomic E-state index is 12.9. The molecule has 0 radical (unpaired) electrons. The minimum atomic E-state index is -4.77. The molecule has 1 unspecified atom stereocenters. The normalized spacial score (nSPS) is 14.7. The Balaban J connectivity index is 1.22. The van der Waals surface area contributed by atoms with Gasteiger partial charge >= 0.3 is 6.36 Å². The summed E-state index contributed by atoms with van der Waals surface area (Å²) in [5, 5.41) is 11.1. The average Bonchev–Trinajstić information content (AvgIpc) is 3.63. The molecule has 0 spiro atoms. The molecule has 5 rings (SSSR count). The fourth-order valence-electron chi connectivity index (χ4n) is 5.34. The number of anilines is 1. The molecule has 0 bridgehead atoms. The molecule has 2 N–H and O–H groups in total. The first kappa shape index (κ1) is 34.6. The second-order valence-electron chi connectivity index (χ2n) is 11.2. The second-order valence-corrected chi connectivity index (χ2v) is 12.5. The molecule has 3 aromatic carbocycles. The van der Waals surface area contributed by atoms with Gasteiger partial charge < -0.3 is 15.4 Å². The van der Waals surface area contributed by atoms with E-state index in [-0.39, 0.29) is 28.4 Å². The van der Waals surface area contributed by atoms with Gasteiger partial charge in [-0.25, -0.2) is 9.67 Å². The van der Waals surface area contributed by atoms with E-state index in [0.717, 1.165) is 33.5 Å². The van der Waals surface area contributed by atoms with Gasteiger partial charge in [-0.2, -0.15) is 4.99 Å². The van der Waals surface area contributed by atoms with Crippen molar-refractivity contribution in [2.45, 2.75) is 53.1 Å². The summed E-state index contributed by atoms with van der Waals surface area (Å²) in [6, 6.07) is 16.9. The molecule has 1 fully saturated rings. The Kier molecular flexibility index (Phi) is 10.5. The predicted molar refractivity (Wildman–Crippen MR) is 183 cm³/mol. The maximum absolute atomic E-state index is 12.9. The van der Waals surface area contributed by atoms with Crippen LogP contribution in [0.25, 0.3) is 17.1 Å². The molecule has 4 aromatic rings. The van der Waals surface area contributed by atoms with Gasteiger partial charge in [-0.1, -0.05) is 53.7 Å². The van der Waals surface area contributed by atoms with Crippen LogP contribution in [0.2, 0.25) is 0 Å². The number of halogens is 3. The lowest BCUT2D eigenvalue weighted by atomic mass is 10.0. The summed E-state index contributed by atoms with van der Waals surface area (Å²) in [5.74, 6) is 0.0536. The quantitative estimate of drug-likeness (QED) is 0.158. The Bertz CT molecular complexity index is 1840. The van der Waals surface area contributed by atoms with E-state index in [0.29, 0.717) is 29.5 Å². The fraction of sp³-hybridized carbons (Fsp3) is 0.273. The van der Waals surface area contributed by atoms with Crippen LogP contribution in [0.5, 0.6) is 5.75 Å². The number of thiocarbonyl (C=S) groups is 1. The summed E-state index contributed by atoms with van der Waals surface area (Å²) in [6.07, 6.45) is -2.72. The lowest BCUT2D eigenvalue weighted by molar-refractivity contribution is -0.274. The molecular weight excluding hydrogens is 664 g/mol. The topological polar surface area (TPSA) is 114 Å². The van der Waals surface area contributed by atoms with Crippen molar-refractivity contribution in [2.24, 2.45) is 4.99 Å². The molecule has 10 nitrogen and oxygen atoms in total. The van der Waals surface area contributed by atoms with Crippen LogP contribution in [-0.4, -0.2) is 55.1 Å². The van der Waals surface area contributed by atoms with Crippen LogP contribution in [0.15, 0.2) is 72.0 Å². The Morgan fingerprint density at radius 1 is 1.06 bits per heavy atom. The lowest BCUT2D eigenvalue weighted by Crippen LogP contribution is -2.47. The monoisotopic (exact) mass is 695 g/mol. The molecule has 1 saturated heterocycles. The van der Waals surface area contributed by atoms with Crippen molar-refractivity contribution in [3.63, 3.8) is 0 Å². The molecule has 1 aliphatic heterocycles. The minimum Gasteiger partial charge on any atom is -0.406 e. The van der Waals surface area contributed by atoms with Gasteiger partial charge in [0, 0.05) is 12.5 Å². The molecule has 1 aromatic heterocycles. The minimum absolute atomic E-state index is 0.0750. The molecule has 1 aliphatic rings. The maximum Gasteiger partial charge on any atom is 0.573 e. The van der Waals surface area contributed by atoms with Crippen molar-refractivity contribution >= 4 is 51.8 Å². The van der Waals surface area contributed by atoms with E-state index >= 15 is 0 Å². The molecule has 0 saturated carbocycles. The molecular formula is C33H32F3N7O3S2. The summed E-state index contributed by atoms with van der Waals surface area (Å²) in [5.41, 5.74) is 6.09. The van der Waals surface area contributed by atoms with E-state index in [1.54, 1.807) is 4.90 Å². The van der Waals surface area contributed by atoms with Gasteiger partial charge in [0.1, 0.15) is 18.2 Å². The zero-order chi connectivity index (χ0) is 34.6. The molecule has 2 amide bonds. The van der Waals surface area contributed by atoms with E-state index in [9.17, 15) is 22.8 Å². The van der Waals surface area contributed by atoms with Crippen molar-refractivity contribution in [2.75, 3.05) is 10.7 Å². The summed E-state index contributed by atoms with van der Waals surface area (Å²) in [6.45, 7) is 7.36. The number of aryl methyl sites for hydroxylation is 4. The van der Waals surface area contributed by atoms with Crippen LogP contribution in [-0.2, 0) is 16.0 Å². The fourth-order valence-corrected chi connectivity index (χ4v) is 6.48. The summed E-state index contributed by atoms with van der Waals surface area (Å²) < 4.78 is 42.7. The summed E-state index contributed by atoms with van der Waals surface area (Å²) in [7, 11) is 0. The Hall–Kier alpha value is -4.76. The van der Waals surface area contributed by atoms with Gasteiger partial charge in [0.15, 0.2) is 16.1 Å². The third-order valence-corrected chi connectivity index (χ3v) is 8.39. The van der Waals surface area contributed by atoms with E-state index in [2.05, 4.69) is 30.4 Å². The number of hydrogen-bond donors (Lipinski definition) is 2. The number of alkyl halides is 3. The highest BCUT2D eigenvalue weighted by Crippen LogP contribution is 2.33. The second kappa shape index (κ2) is 14.6. The van der Waals surface area contributed by atoms with Crippen molar-refractivity contribution in [1.29, 1.82) is 0 Å². The summed E-state index contributed by atoms with van der Waals surface area (Å²) in [4.78, 5) is 35.4. The van der Waals surface area contributed by atoms with E-state index in [4.69, 9.17) is 12.2 Å². The number of aromatic nitrogens is 3. The number of carbonyl (C=O) groups is 2. The van der Waals surface area contributed by atoms with Crippen LogP contribution in [0.3, 0.4) is 0 Å². The lowest BCUT2D eigenvalue weighted by Gasteiger charge is -2.23. The predicted octanol–water partition coefficient (Wildman–Crippen LogP) is 6.16. The number of rotatable bonds is 9. The largest absolute Gasteiger partial charge is 0.573 e. The number of nitrogens with zero attached hydrogens (tertiary/aromatic N) is 5. The number of nitrogens with one attached hydrogen (secondary N) is 2. The zero-order valence-corrected chi connectivity index (χ0v) is 28.1. The average molecular weight is 696 g/mol. The van der Waals surface area contributed by atoms with Gasteiger partial charge in [0.2, 0.25) is 11.8 Å². The van der Waals surface area contributed by atoms with Gasteiger partial charge in [0.05, 0.1) is 17.1 Å². The van der Waals surface area contributed by atoms with Gasteiger partial charge in [-0.15, -0.1) is 18.3 Å². The molecule has 250 valence electrons. The molecule has 2 heterocycles. The van der Waals surface area contributed by atoms with Crippen molar-refractivity contribution in [3.05, 3.63) is 89.2 Å². The first-order valence-corrected chi connectivity index (χ1v) is 16.2. The highest BCUT2D eigenvalue weighted by Gasteiger charge is 2.33.